The molecule has 1 N–H and O–H groups in total. The molecule has 0 spiro atoms. The Hall–Kier alpha value is -0.610. The number of nitrogens with zero attached hydrogens (tertiary/aromatic N) is 2. The molecule has 0 amide bonds. The van der Waals surface area contributed by atoms with Gasteiger partial charge < -0.3 is 10.2 Å². The number of thiazole rings is 1. The predicted molar refractivity (Wildman–Crippen MR) is 72.3 cm³/mol. The monoisotopic (exact) mass is 241 g/mol. The third-order valence-electron chi connectivity index (χ3n) is 3.25. The Morgan fingerprint density at radius 3 is 2.44 bits per heavy atom. The van der Waals surface area contributed by atoms with E-state index in [2.05, 4.69) is 49.9 Å². The second kappa shape index (κ2) is 5.64. The molecule has 2 atom stereocenters. The topological polar surface area (TPSA) is 28.2 Å². The summed E-state index contributed by atoms with van der Waals surface area (Å²) >= 11 is 1.77. The van der Waals surface area contributed by atoms with Crippen LogP contribution in [0.3, 0.4) is 0 Å². The van der Waals surface area contributed by atoms with Gasteiger partial charge in [0.2, 0.25) is 0 Å². The fourth-order valence-corrected chi connectivity index (χ4v) is 2.43. The fraction of sp³-hybridized carbons (Fsp3) is 0.750. The summed E-state index contributed by atoms with van der Waals surface area (Å²) in [5, 5.41) is 4.35. The molecule has 0 saturated carbocycles. The lowest BCUT2D eigenvalue weighted by atomic mass is 10.1. The van der Waals surface area contributed by atoms with Gasteiger partial charge in [0, 0.05) is 30.2 Å². The van der Waals surface area contributed by atoms with E-state index >= 15 is 0 Å². The van der Waals surface area contributed by atoms with Crippen molar-refractivity contribution in [3.63, 3.8) is 0 Å². The number of anilines is 1. The highest BCUT2D eigenvalue weighted by Crippen LogP contribution is 2.28. The Morgan fingerprint density at radius 2 is 1.94 bits per heavy atom. The predicted octanol–water partition coefficient (Wildman–Crippen LogP) is 2.90. The first-order valence-corrected chi connectivity index (χ1v) is 6.64. The van der Waals surface area contributed by atoms with Gasteiger partial charge in [0.05, 0.1) is 0 Å². The Morgan fingerprint density at radius 1 is 1.31 bits per heavy atom. The van der Waals surface area contributed by atoms with E-state index in [1.807, 2.05) is 13.2 Å². The van der Waals surface area contributed by atoms with Crippen molar-refractivity contribution in [1.29, 1.82) is 0 Å². The molecule has 0 fully saturated rings. The summed E-state index contributed by atoms with van der Waals surface area (Å²) in [6.45, 7) is 8.88. The van der Waals surface area contributed by atoms with Crippen LogP contribution in [0, 0.1) is 5.92 Å². The summed E-state index contributed by atoms with van der Waals surface area (Å²) < 4.78 is 0. The van der Waals surface area contributed by atoms with Crippen molar-refractivity contribution in [2.75, 3.05) is 19.0 Å². The minimum atomic E-state index is 0.383. The fourth-order valence-electron chi connectivity index (χ4n) is 1.40. The van der Waals surface area contributed by atoms with Gasteiger partial charge in [0.25, 0.3) is 0 Å². The molecule has 16 heavy (non-hydrogen) atoms. The number of aromatic nitrogens is 1. The molecule has 1 heterocycles. The van der Waals surface area contributed by atoms with Gasteiger partial charge in [0.1, 0.15) is 0 Å². The van der Waals surface area contributed by atoms with Crippen molar-refractivity contribution >= 4 is 16.5 Å². The Bertz CT molecular complexity index is 322. The molecule has 0 aromatic carbocycles. The molecule has 92 valence electrons. The zero-order valence-corrected chi connectivity index (χ0v) is 11.9. The van der Waals surface area contributed by atoms with E-state index in [9.17, 15) is 0 Å². The van der Waals surface area contributed by atoms with Crippen molar-refractivity contribution in [3.05, 3.63) is 11.1 Å². The Labute approximate surface area is 103 Å². The lowest BCUT2D eigenvalue weighted by Gasteiger charge is -2.27. The van der Waals surface area contributed by atoms with E-state index in [1.165, 1.54) is 4.88 Å². The van der Waals surface area contributed by atoms with E-state index in [-0.39, 0.29) is 0 Å². The lowest BCUT2D eigenvalue weighted by Crippen LogP contribution is -2.32. The molecule has 0 aliphatic heterocycles. The third-order valence-corrected chi connectivity index (χ3v) is 4.52. The van der Waals surface area contributed by atoms with Gasteiger partial charge in [-0.2, -0.15) is 0 Å². The van der Waals surface area contributed by atoms with Crippen LogP contribution in [-0.4, -0.2) is 25.1 Å². The molecule has 0 saturated heterocycles. The van der Waals surface area contributed by atoms with E-state index in [1.54, 1.807) is 11.3 Å². The first kappa shape index (κ1) is 13.5. The molecule has 1 rings (SSSR count). The maximum atomic E-state index is 4.49. The highest BCUT2D eigenvalue weighted by atomic mass is 32.1. The van der Waals surface area contributed by atoms with Crippen LogP contribution in [-0.2, 0) is 0 Å². The van der Waals surface area contributed by atoms with Gasteiger partial charge in [-0.25, -0.2) is 4.98 Å². The summed E-state index contributed by atoms with van der Waals surface area (Å²) in [4.78, 5) is 8.05. The SMILES string of the molecule is CNC(C)c1cnc(N(C)C(C)C(C)C)s1. The normalized spacial score (nSPS) is 15.2. The van der Waals surface area contributed by atoms with Crippen molar-refractivity contribution < 1.29 is 0 Å². The zero-order valence-electron chi connectivity index (χ0n) is 11.1. The second-order valence-corrected chi connectivity index (χ2v) is 5.69. The van der Waals surface area contributed by atoms with Gasteiger partial charge >= 0.3 is 0 Å². The van der Waals surface area contributed by atoms with Crippen LogP contribution < -0.4 is 10.2 Å². The maximum Gasteiger partial charge on any atom is 0.185 e. The minimum Gasteiger partial charge on any atom is -0.348 e. The van der Waals surface area contributed by atoms with Gasteiger partial charge in [0.15, 0.2) is 5.13 Å². The van der Waals surface area contributed by atoms with Crippen molar-refractivity contribution in [3.8, 4) is 0 Å². The molecule has 1 aromatic rings. The number of nitrogens with one attached hydrogen (secondary N) is 1. The van der Waals surface area contributed by atoms with Crippen LogP contribution in [0.2, 0.25) is 0 Å². The Kier molecular flexibility index (Phi) is 4.74. The minimum absolute atomic E-state index is 0.383. The molecule has 0 aliphatic carbocycles. The first-order chi connectivity index (χ1) is 7.47. The van der Waals surface area contributed by atoms with Gasteiger partial charge in [-0.15, -0.1) is 11.3 Å². The smallest absolute Gasteiger partial charge is 0.185 e. The van der Waals surface area contributed by atoms with Gasteiger partial charge in [-0.05, 0) is 26.8 Å². The van der Waals surface area contributed by atoms with Crippen LogP contribution in [0.4, 0.5) is 5.13 Å². The number of rotatable bonds is 5. The van der Waals surface area contributed by atoms with Crippen LogP contribution in [0.1, 0.15) is 38.6 Å². The first-order valence-electron chi connectivity index (χ1n) is 5.83. The molecule has 3 nitrogen and oxygen atoms in total. The highest BCUT2D eigenvalue weighted by Gasteiger charge is 2.17. The summed E-state index contributed by atoms with van der Waals surface area (Å²) in [6.07, 6.45) is 1.98. The molecule has 1 aromatic heterocycles. The van der Waals surface area contributed by atoms with Crippen LogP contribution >= 0.6 is 11.3 Å². The second-order valence-electron chi connectivity index (χ2n) is 4.65. The molecule has 0 bridgehead atoms. The zero-order chi connectivity index (χ0) is 12.3. The van der Waals surface area contributed by atoms with Crippen LogP contribution in [0.25, 0.3) is 0 Å². The summed E-state index contributed by atoms with van der Waals surface area (Å²) in [5.74, 6) is 0.638. The van der Waals surface area contributed by atoms with E-state index in [0.717, 1.165) is 5.13 Å². The molecular formula is C12H23N3S. The average Bonchev–Trinajstić information content (AvgIpc) is 2.75. The van der Waals surface area contributed by atoms with E-state index in [4.69, 9.17) is 0 Å². The van der Waals surface area contributed by atoms with Gasteiger partial charge in [-0.3, -0.25) is 0 Å². The highest BCUT2D eigenvalue weighted by molar-refractivity contribution is 7.15. The lowest BCUT2D eigenvalue weighted by molar-refractivity contribution is 0.505. The number of hydrogen-bond donors (Lipinski definition) is 1. The molecule has 0 radical (unpaired) electrons. The van der Waals surface area contributed by atoms with E-state index < -0.39 is 0 Å². The number of hydrogen-bond acceptors (Lipinski definition) is 4. The molecule has 2 unspecified atom stereocenters. The van der Waals surface area contributed by atoms with Crippen LogP contribution in [0.5, 0.6) is 0 Å². The van der Waals surface area contributed by atoms with E-state index in [0.29, 0.717) is 18.0 Å². The van der Waals surface area contributed by atoms with Gasteiger partial charge in [-0.1, -0.05) is 13.8 Å². The Balaban J connectivity index is 2.77. The van der Waals surface area contributed by atoms with Crippen molar-refractivity contribution in [2.45, 2.75) is 39.8 Å². The largest absolute Gasteiger partial charge is 0.348 e. The standard InChI is InChI=1S/C12H23N3S/c1-8(2)10(4)15(6)12-14-7-11(16-12)9(3)13-5/h7-10,13H,1-6H3. The average molecular weight is 241 g/mol. The van der Waals surface area contributed by atoms with Crippen molar-refractivity contribution in [2.24, 2.45) is 5.92 Å². The molecular weight excluding hydrogens is 218 g/mol. The quantitative estimate of drug-likeness (QED) is 0.859. The summed E-state index contributed by atoms with van der Waals surface area (Å²) in [7, 11) is 4.10. The van der Waals surface area contributed by atoms with Crippen LogP contribution in [0.15, 0.2) is 6.20 Å². The third kappa shape index (κ3) is 2.95. The maximum absolute atomic E-state index is 4.49. The summed E-state index contributed by atoms with van der Waals surface area (Å²) in [6, 6.07) is 0.901. The van der Waals surface area contributed by atoms with Crippen molar-refractivity contribution in [1.82, 2.24) is 10.3 Å². The summed E-state index contributed by atoms with van der Waals surface area (Å²) in [5.41, 5.74) is 0. The molecule has 0 aliphatic rings. The molecule has 4 heteroatoms.